The normalized spacial score (nSPS) is 24.8. The summed E-state index contributed by atoms with van der Waals surface area (Å²) in [6.07, 6.45) is 4.03. The zero-order valence-corrected chi connectivity index (χ0v) is 10.9. The van der Waals surface area contributed by atoms with Crippen molar-refractivity contribution in [2.75, 3.05) is 5.32 Å². The van der Waals surface area contributed by atoms with E-state index < -0.39 is 0 Å². The Morgan fingerprint density at radius 3 is 2.19 bits per heavy atom. The van der Waals surface area contributed by atoms with Gasteiger partial charge in [0, 0.05) is 11.7 Å². The molecule has 1 aliphatic rings. The van der Waals surface area contributed by atoms with Gasteiger partial charge in [0.1, 0.15) is 0 Å². The summed E-state index contributed by atoms with van der Waals surface area (Å²) in [6, 6.07) is 5.23. The first kappa shape index (κ1) is 11.5. The van der Waals surface area contributed by atoms with Crippen LogP contribution in [0.5, 0.6) is 0 Å². The van der Waals surface area contributed by atoms with Gasteiger partial charge >= 0.3 is 0 Å². The molecule has 0 aromatic heterocycles. The quantitative estimate of drug-likeness (QED) is 0.782. The molecule has 1 saturated carbocycles. The molecule has 16 heavy (non-hydrogen) atoms. The number of aryl methyl sites for hydroxylation is 3. The fourth-order valence-corrected chi connectivity index (χ4v) is 2.95. The van der Waals surface area contributed by atoms with Crippen LogP contribution in [0, 0.1) is 26.7 Å². The van der Waals surface area contributed by atoms with Crippen molar-refractivity contribution in [1.82, 2.24) is 0 Å². The van der Waals surface area contributed by atoms with Crippen LogP contribution in [0.25, 0.3) is 0 Å². The first-order valence-corrected chi connectivity index (χ1v) is 6.40. The SMILES string of the molecule is Cc1cc(C)c(NC2CCC(C)C2)c(C)c1. The van der Waals surface area contributed by atoms with E-state index in [0.29, 0.717) is 6.04 Å². The highest BCUT2D eigenvalue weighted by Crippen LogP contribution is 2.30. The van der Waals surface area contributed by atoms with Crippen LogP contribution >= 0.6 is 0 Å². The Labute approximate surface area is 99.3 Å². The van der Waals surface area contributed by atoms with Gasteiger partial charge in [-0.15, -0.1) is 0 Å². The van der Waals surface area contributed by atoms with Crippen molar-refractivity contribution in [3.05, 3.63) is 28.8 Å². The summed E-state index contributed by atoms with van der Waals surface area (Å²) in [5.41, 5.74) is 5.50. The van der Waals surface area contributed by atoms with Crippen LogP contribution < -0.4 is 5.32 Å². The molecule has 88 valence electrons. The van der Waals surface area contributed by atoms with E-state index in [1.807, 2.05) is 0 Å². The highest BCUT2D eigenvalue weighted by molar-refractivity contribution is 5.58. The largest absolute Gasteiger partial charge is 0.382 e. The van der Waals surface area contributed by atoms with E-state index in [0.717, 1.165) is 5.92 Å². The predicted molar refractivity (Wildman–Crippen MR) is 71.1 cm³/mol. The van der Waals surface area contributed by atoms with Crippen LogP contribution in [-0.2, 0) is 0 Å². The van der Waals surface area contributed by atoms with E-state index in [2.05, 4.69) is 45.1 Å². The van der Waals surface area contributed by atoms with Gasteiger partial charge in [-0.3, -0.25) is 0 Å². The number of nitrogens with one attached hydrogen (secondary N) is 1. The molecule has 0 amide bonds. The zero-order chi connectivity index (χ0) is 11.7. The lowest BCUT2D eigenvalue weighted by Crippen LogP contribution is -2.17. The molecule has 2 atom stereocenters. The van der Waals surface area contributed by atoms with E-state index in [9.17, 15) is 0 Å². The Balaban J connectivity index is 2.15. The Morgan fingerprint density at radius 2 is 1.69 bits per heavy atom. The molecule has 1 aromatic carbocycles. The zero-order valence-electron chi connectivity index (χ0n) is 10.9. The van der Waals surface area contributed by atoms with E-state index in [-0.39, 0.29) is 0 Å². The third-order valence-corrected chi connectivity index (χ3v) is 3.72. The third kappa shape index (κ3) is 2.40. The van der Waals surface area contributed by atoms with Gasteiger partial charge in [0.2, 0.25) is 0 Å². The molecule has 0 heterocycles. The second kappa shape index (κ2) is 4.48. The number of benzene rings is 1. The average Bonchev–Trinajstić information content (AvgIpc) is 2.58. The summed E-state index contributed by atoms with van der Waals surface area (Å²) in [6.45, 7) is 8.94. The van der Waals surface area contributed by atoms with Gasteiger partial charge in [0.15, 0.2) is 0 Å². The Hall–Kier alpha value is -0.980. The predicted octanol–water partition coefficient (Wildman–Crippen LogP) is 4.21. The van der Waals surface area contributed by atoms with Crippen LogP contribution in [0.3, 0.4) is 0 Å². The minimum absolute atomic E-state index is 0.690. The molecule has 1 aliphatic carbocycles. The number of hydrogen-bond acceptors (Lipinski definition) is 1. The lowest BCUT2D eigenvalue weighted by molar-refractivity contribution is 0.602. The van der Waals surface area contributed by atoms with Gasteiger partial charge in [-0.1, -0.05) is 24.6 Å². The molecular weight excluding hydrogens is 194 g/mol. The first-order chi connectivity index (χ1) is 7.56. The molecule has 1 aromatic rings. The maximum Gasteiger partial charge on any atom is 0.0401 e. The Morgan fingerprint density at radius 1 is 1.06 bits per heavy atom. The van der Waals surface area contributed by atoms with Crippen molar-refractivity contribution in [1.29, 1.82) is 0 Å². The second-order valence-corrected chi connectivity index (χ2v) is 5.53. The summed E-state index contributed by atoms with van der Waals surface area (Å²) in [5.74, 6) is 0.892. The molecule has 1 fully saturated rings. The fourth-order valence-electron chi connectivity index (χ4n) is 2.95. The van der Waals surface area contributed by atoms with Crippen molar-refractivity contribution in [2.45, 2.75) is 53.0 Å². The van der Waals surface area contributed by atoms with Crippen LogP contribution in [0.15, 0.2) is 12.1 Å². The fraction of sp³-hybridized carbons (Fsp3) is 0.600. The van der Waals surface area contributed by atoms with Crippen LogP contribution in [0.2, 0.25) is 0 Å². The number of hydrogen-bond donors (Lipinski definition) is 1. The van der Waals surface area contributed by atoms with Crippen LogP contribution in [0.4, 0.5) is 5.69 Å². The number of rotatable bonds is 2. The van der Waals surface area contributed by atoms with Crippen molar-refractivity contribution in [2.24, 2.45) is 5.92 Å². The Bertz CT molecular complexity index is 358. The molecule has 1 N–H and O–H groups in total. The smallest absolute Gasteiger partial charge is 0.0401 e. The molecular formula is C15H23N. The molecule has 2 unspecified atom stereocenters. The van der Waals surface area contributed by atoms with E-state index in [1.165, 1.54) is 41.6 Å². The minimum Gasteiger partial charge on any atom is -0.382 e. The molecule has 0 radical (unpaired) electrons. The molecule has 1 nitrogen and oxygen atoms in total. The van der Waals surface area contributed by atoms with Crippen LogP contribution in [-0.4, -0.2) is 6.04 Å². The summed E-state index contributed by atoms with van der Waals surface area (Å²) < 4.78 is 0. The standard InChI is InChI=1S/C15H23N/c1-10-5-6-14(9-10)16-15-12(3)7-11(2)8-13(15)4/h7-8,10,14,16H,5-6,9H2,1-4H3. The molecule has 1 heteroatoms. The van der Waals surface area contributed by atoms with Crippen molar-refractivity contribution in [3.63, 3.8) is 0 Å². The maximum atomic E-state index is 3.74. The Kier molecular flexibility index (Phi) is 3.22. The summed E-state index contributed by atoms with van der Waals surface area (Å²) in [4.78, 5) is 0. The monoisotopic (exact) mass is 217 g/mol. The van der Waals surface area contributed by atoms with Gasteiger partial charge in [0.25, 0.3) is 0 Å². The summed E-state index contributed by atoms with van der Waals surface area (Å²) in [7, 11) is 0. The van der Waals surface area contributed by atoms with Crippen molar-refractivity contribution >= 4 is 5.69 Å². The molecule has 0 spiro atoms. The molecule has 0 aliphatic heterocycles. The minimum atomic E-state index is 0.690. The molecule has 0 saturated heterocycles. The van der Waals surface area contributed by atoms with Gasteiger partial charge in [-0.25, -0.2) is 0 Å². The van der Waals surface area contributed by atoms with Crippen LogP contribution in [0.1, 0.15) is 42.9 Å². The highest BCUT2D eigenvalue weighted by atomic mass is 14.9. The van der Waals surface area contributed by atoms with Gasteiger partial charge in [-0.05, 0) is 57.1 Å². The van der Waals surface area contributed by atoms with Crippen molar-refractivity contribution in [3.8, 4) is 0 Å². The van der Waals surface area contributed by atoms with Crippen molar-refractivity contribution < 1.29 is 0 Å². The van der Waals surface area contributed by atoms with E-state index in [1.54, 1.807) is 0 Å². The summed E-state index contributed by atoms with van der Waals surface area (Å²) in [5, 5.41) is 3.74. The lowest BCUT2D eigenvalue weighted by atomic mass is 10.0. The van der Waals surface area contributed by atoms with Gasteiger partial charge < -0.3 is 5.32 Å². The average molecular weight is 217 g/mol. The molecule has 2 rings (SSSR count). The number of anilines is 1. The lowest BCUT2D eigenvalue weighted by Gasteiger charge is -2.19. The van der Waals surface area contributed by atoms with E-state index in [4.69, 9.17) is 0 Å². The van der Waals surface area contributed by atoms with Gasteiger partial charge in [0.05, 0.1) is 0 Å². The second-order valence-electron chi connectivity index (χ2n) is 5.53. The highest BCUT2D eigenvalue weighted by Gasteiger charge is 2.21. The van der Waals surface area contributed by atoms with Gasteiger partial charge in [-0.2, -0.15) is 0 Å². The maximum absolute atomic E-state index is 3.74. The molecule has 0 bridgehead atoms. The summed E-state index contributed by atoms with van der Waals surface area (Å²) >= 11 is 0. The van der Waals surface area contributed by atoms with E-state index >= 15 is 0 Å². The topological polar surface area (TPSA) is 12.0 Å². The first-order valence-electron chi connectivity index (χ1n) is 6.40. The third-order valence-electron chi connectivity index (χ3n) is 3.72.